The number of hydrogen-bond acceptors (Lipinski definition) is 2. The zero-order chi connectivity index (χ0) is 12.4. The Kier molecular flexibility index (Phi) is 3.48. The molecule has 2 rings (SSSR count). The molecule has 1 aliphatic rings. The molecule has 1 heterocycles. The minimum atomic E-state index is -0.861. The standard InChI is InChI=1S/C14H19NO2/c1-10(2)13-7-8-15(13)9-11-3-5-12(6-4-11)14(16)17/h3-6,10,13H,7-9H2,1-2H3,(H,16,17). The van der Waals surface area contributed by atoms with Gasteiger partial charge in [0.15, 0.2) is 0 Å². The Morgan fingerprint density at radius 2 is 2.06 bits per heavy atom. The lowest BCUT2D eigenvalue weighted by Crippen LogP contribution is -2.49. The third-order valence-corrected chi connectivity index (χ3v) is 3.54. The number of benzene rings is 1. The lowest BCUT2D eigenvalue weighted by molar-refractivity contribution is 0.0482. The molecule has 1 aromatic carbocycles. The third-order valence-electron chi connectivity index (χ3n) is 3.54. The van der Waals surface area contributed by atoms with E-state index in [1.165, 1.54) is 12.0 Å². The molecular weight excluding hydrogens is 214 g/mol. The number of carboxylic acids is 1. The van der Waals surface area contributed by atoms with Gasteiger partial charge in [-0.3, -0.25) is 4.90 Å². The van der Waals surface area contributed by atoms with Crippen LogP contribution < -0.4 is 0 Å². The highest BCUT2D eigenvalue weighted by atomic mass is 16.4. The van der Waals surface area contributed by atoms with E-state index in [0.717, 1.165) is 13.1 Å². The van der Waals surface area contributed by atoms with Crippen molar-refractivity contribution in [3.05, 3.63) is 35.4 Å². The van der Waals surface area contributed by atoms with Crippen molar-refractivity contribution in [3.8, 4) is 0 Å². The van der Waals surface area contributed by atoms with E-state index >= 15 is 0 Å². The van der Waals surface area contributed by atoms with Crippen molar-refractivity contribution in [1.82, 2.24) is 4.90 Å². The van der Waals surface area contributed by atoms with Gasteiger partial charge in [0, 0.05) is 19.1 Å². The molecule has 1 aromatic rings. The summed E-state index contributed by atoms with van der Waals surface area (Å²) >= 11 is 0. The summed E-state index contributed by atoms with van der Waals surface area (Å²) in [6, 6.07) is 7.89. The zero-order valence-corrected chi connectivity index (χ0v) is 10.4. The molecule has 0 spiro atoms. The van der Waals surface area contributed by atoms with E-state index in [9.17, 15) is 4.79 Å². The maximum atomic E-state index is 10.7. The van der Waals surface area contributed by atoms with Crippen molar-refractivity contribution >= 4 is 5.97 Å². The van der Waals surface area contributed by atoms with Gasteiger partial charge >= 0.3 is 5.97 Å². The van der Waals surface area contributed by atoms with Gasteiger partial charge in [-0.2, -0.15) is 0 Å². The number of carboxylic acid groups (broad SMARTS) is 1. The highest BCUT2D eigenvalue weighted by Crippen LogP contribution is 2.26. The maximum Gasteiger partial charge on any atom is 0.335 e. The van der Waals surface area contributed by atoms with Crippen LogP contribution in [0.3, 0.4) is 0 Å². The number of carbonyl (C=O) groups is 1. The number of hydrogen-bond donors (Lipinski definition) is 1. The van der Waals surface area contributed by atoms with E-state index in [-0.39, 0.29) is 0 Å². The van der Waals surface area contributed by atoms with Crippen LogP contribution in [0.25, 0.3) is 0 Å². The quantitative estimate of drug-likeness (QED) is 0.869. The van der Waals surface area contributed by atoms with Crippen molar-refractivity contribution in [1.29, 1.82) is 0 Å². The Labute approximate surface area is 102 Å². The SMILES string of the molecule is CC(C)C1CCN1Cc1ccc(C(=O)O)cc1. The summed E-state index contributed by atoms with van der Waals surface area (Å²) in [4.78, 5) is 13.2. The molecule has 92 valence electrons. The van der Waals surface area contributed by atoms with Gasteiger partial charge in [-0.15, -0.1) is 0 Å². The number of likely N-dealkylation sites (tertiary alicyclic amines) is 1. The summed E-state index contributed by atoms with van der Waals surface area (Å²) in [5.74, 6) is -0.164. The fourth-order valence-electron chi connectivity index (χ4n) is 2.40. The molecule has 0 aromatic heterocycles. The topological polar surface area (TPSA) is 40.5 Å². The third kappa shape index (κ3) is 2.67. The van der Waals surface area contributed by atoms with Gasteiger partial charge < -0.3 is 5.11 Å². The molecule has 1 saturated heterocycles. The smallest absolute Gasteiger partial charge is 0.335 e. The van der Waals surface area contributed by atoms with Crippen molar-refractivity contribution in [2.45, 2.75) is 32.9 Å². The first-order valence-electron chi connectivity index (χ1n) is 6.14. The van der Waals surface area contributed by atoms with Crippen LogP contribution in [0.4, 0.5) is 0 Å². The summed E-state index contributed by atoms with van der Waals surface area (Å²) < 4.78 is 0. The lowest BCUT2D eigenvalue weighted by atomic mass is 9.91. The van der Waals surface area contributed by atoms with Gasteiger partial charge in [-0.25, -0.2) is 4.79 Å². The van der Waals surface area contributed by atoms with Crippen molar-refractivity contribution in [3.63, 3.8) is 0 Å². The van der Waals surface area contributed by atoms with Crippen LogP contribution in [0.2, 0.25) is 0 Å². The molecule has 0 aliphatic carbocycles. The second kappa shape index (κ2) is 4.88. The molecule has 0 bridgehead atoms. The molecule has 1 unspecified atom stereocenters. The minimum absolute atomic E-state index is 0.359. The van der Waals surface area contributed by atoms with E-state index in [0.29, 0.717) is 17.5 Å². The van der Waals surface area contributed by atoms with E-state index < -0.39 is 5.97 Å². The number of nitrogens with zero attached hydrogens (tertiary/aromatic N) is 1. The second-order valence-electron chi connectivity index (χ2n) is 5.07. The molecule has 0 amide bonds. The highest BCUT2D eigenvalue weighted by Gasteiger charge is 2.29. The largest absolute Gasteiger partial charge is 0.478 e. The molecule has 3 heteroatoms. The van der Waals surface area contributed by atoms with E-state index in [1.54, 1.807) is 12.1 Å². The molecule has 0 radical (unpaired) electrons. The molecule has 1 atom stereocenters. The van der Waals surface area contributed by atoms with Crippen LogP contribution in [0.5, 0.6) is 0 Å². The first-order valence-corrected chi connectivity index (χ1v) is 6.14. The van der Waals surface area contributed by atoms with Crippen LogP contribution in [-0.2, 0) is 6.54 Å². The Morgan fingerprint density at radius 3 is 2.47 bits per heavy atom. The van der Waals surface area contributed by atoms with Gasteiger partial charge in [0.2, 0.25) is 0 Å². The lowest BCUT2D eigenvalue weighted by Gasteiger charge is -2.43. The molecule has 3 nitrogen and oxygen atoms in total. The number of rotatable bonds is 4. The Morgan fingerprint density at radius 1 is 1.41 bits per heavy atom. The molecule has 0 saturated carbocycles. The van der Waals surface area contributed by atoms with Gasteiger partial charge in [0.1, 0.15) is 0 Å². The summed E-state index contributed by atoms with van der Waals surface area (Å²) in [5.41, 5.74) is 1.55. The molecule has 1 fully saturated rings. The highest BCUT2D eigenvalue weighted by molar-refractivity contribution is 5.87. The van der Waals surface area contributed by atoms with Crippen molar-refractivity contribution < 1.29 is 9.90 Å². The first kappa shape index (κ1) is 12.1. The van der Waals surface area contributed by atoms with Crippen molar-refractivity contribution in [2.75, 3.05) is 6.54 Å². The molecule has 17 heavy (non-hydrogen) atoms. The monoisotopic (exact) mass is 233 g/mol. The van der Waals surface area contributed by atoms with Crippen LogP contribution in [0.15, 0.2) is 24.3 Å². The predicted molar refractivity (Wildman–Crippen MR) is 67.1 cm³/mol. The van der Waals surface area contributed by atoms with Crippen LogP contribution in [0, 0.1) is 5.92 Å². The summed E-state index contributed by atoms with van der Waals surface area (Å²) in [6.45, 7) is 6.60. The zero-order valence-electron chi connectivity index (χ0n) is 10.4. The molecular formula is C14H19NO2. The molecule has 1 aliphatic heterocycles. The van der Waals surface area contributed by atoms with Gasteiger partial charge in [0.05, 0.1) is 5.56 Å². The number of aromatic carboxylic acids is 1. The Hall–Kier alpha value is -1.35. The minimum Gasteiger partial charge on any atom is -0.478 e. The second-order valence-corrected chi connectivity index (χ2v) is 5.07. The Balaban J connectivity index is 1.97. The predicted octanol–water partition coefficient (Wildman–Crippen LogP) is 2.62. The normalized spacial score (nSPS) is 20.3. The summed E-state index contributed by atoms with van der Waals surface area (Å²) in [5, 5.41) is 8.82. The van der Waals surface area contributed by atoms with E-state index in [1.807, 2.05) is 12.1 Å². The van der Waals surface area contributed by atoms with E-state index in [4.69, 9.17) is 5.11 Å². The Bertz CT molecular complexity index is 397. The van der Waals surface area contributed by atoms with Crippen molar-refractivity contribution in [2.24, 2.45) is 5.92 Å². The van der Waals surface area contributed by atoms with Gasteiger partial charge in [-0.1, -0.05) is 26.0 Å². The average Bonchev–Trinajstić information content (AvgIpc) is 2.24. The van der Waals surface area contributed by atoms with Gasteiger partial charge in [-0.05, 0) is 30.0 Å². The van der Waals surface area contributed by atoms with Crippen LogP contribution in [0.1, 0.15) is 36.2 Å². The fraction of sp³-hybridized carbons (Fsp3) is 0.500. The van der Waals surface area contributed by atoms with Crippen LogP contribution >= 0.6 is 0 Å². The molecule has 1 N–H and O–H groups in total. The summed E-state index contributed by atoms with van der Waals surface area (Å²) in [6.07, 6.45) is 1.28. The van der Waals surface area contributed by atoms with E-state index in [2.05, 4.69) is 18.7 Å². The maximum absolute atomic E-state index is 10.7. The first-order chi connectivity index (χ1) is 8.08. The average molecular weight is 233 g/mol. The fourth-order valence-corrected chi connectivity index (χ4v) is 2.40. The van der Waals surface area contributed by atoms with Crippen LogP contribution in [-0.4, -0.2) is 28.6 Å². The summed E-state index contributed by atoms with van der Waals surface area (Å²) in [7, 11) is 0. The van der Waals surface area contributed by atoms with Gasteiger partial charge in [0.25, 0.3) is 0 Å².